The maximum absolute atomic E-state index is 8.98. The molecular formula is C15H15N3O2. The van der Waals surface area contributed by atoms with E-state index in [1.165, 1.54) is 0 Å². The fraction of sp³-hybridized carbons (Fsp3) is 0.133. The van der Waals surface area contributed by atoms with Gasteiger partial charge in [0.1, 0.15) is 17.6 Å². The topological polar surface area (TPSA) is 80.3 Å². The molecule has 2 aromatic carbocycles. The molecule has 0 unspecified atom stereocenters. The van der Waals surface area contributed by atoms with Gasteiger partial charge in [0.2, 0.25) is 0 Å². The Hall–Kier alpha value is -2.87. The van der Waals surface area contributed by atoms with Gasteiger partial charge in [-0.1, -0.05) is 0 Å². The van der Waals surface area contributed by atoms with E-state index >= 15 is 0 Å². The lowest BCUT2D eigenvalue weighted by atomic mass is 10.1. The first-order chi connectivity index (χ1) is 9.67. The van der Waals surface area contributed by atoms with Crippen LogP contribution in [0.2, 0.25) is 0 Å². The van der Waals surface area contributed by atoms with Crippen LogP contribution in [0.25, 0.3) is 0 Å². The average Bonchev–Trinajstić information content (AvgIpc) is 2.49. The van der Waals surface area contributed by atoms with Crippen LogP contribution >= 0.6 is 0 Å². The number of nitrogens with zero attached hydrogens (tertiary/aromatic N) is 1. The molecule has 0 aliphatic rings. The van der Waals surface area contributed by atoms with Crippen LogP contribution in [0.4, 0.5) is 17.1 Å². The van der Waals surface area contributed by atoms with E-state index in [1.807, 2.05) is 12.1 Å². The van der Waals surface area contributed by atoms with E-state index in [4.69, 9.17) is 20.5 Å². The molecule has 102 valence electrons. The summed E-state index contributed by atoms with van der Waals surface area (Å²) in [5, 5.41) is 12.2. The number of nitrogens with two attached hydrogens (primary N) is 1. The number of rotatable bonds is 4. The number of anilines is 3. The lowest BCUT2D eigenvalue weighted by Crippen LogP contribution is -1.97. The number of nitrogen functional groups attached to an aromatic ring is 1. The number of ether oxygens (including phenoxy) is 2. The van der Waals surface area contributed by atoms with E-state index in [1.54, 1.807) is 38.5 Å². The summed E-state index contributed by atoms with van der Waals surface area (Å²) in [5.41, 5.74) is 8.13. The van der Waals surface area contributed by atoms with Crippen molar-refractivity contribution in [2.24, 2.45) is 0 Å². The van der Waals surface area contributed by atoms with Crippen LogP contribution in [0, 0.1) is 11.3 Å². The average molecular weight is 269 g/mol. The molecular weight excluding hydrogens is 254 g/mol. The second kappa shape index (κ2) is 5.85. The molecule has 0 saturated heterocycles. The van der Waals surface area contributed by atoms with Crippen molar-refractivity contribution in [2.45, 2.75) is 0 Å². The lowest BCUT2D eigenvalue weighted by Gasteiger charge is -2.13. The summed E-state index contributed by atoms with van der Waals surface area (Å²) in [6.45, 7) is 0. The molecule has 2 rings (SSSR count). The van der Waals surface area contributed by atoms with E-state index in [0.29, 0.717) is 22.7 Å². The Kier molecular flexibility index (Phi) is 3.96. The maximum atomic E-state index is 8.98. The van der Waals surface area contributed by atoms with Crippen molar-refractivity contribution >= 4 is 17.1 Å². The number of nitriles is 1. The molecule has 2 aromatic rings. The summed E-state index contributed by atoms with van der Waals surface area (Å²) in [7, 11) is 3.19. The molecule has 0 aromatic heterocycles. The number of nitrogens with one attached hydrogen (secondary N) is 1. The van der Waals surface area contributed by atoms with Gasteiger partial charge < -0.3 is 20.5 Å². The van der Waals surface area contributed by atoms with Crippen molar-refractivity contribution in [3.05, 3.63) is 42.0 Å². The third kappa shape index (κ3) is 2.75. The van der Waals surface area contributed by atoms with Gasteiger partial charge in [0.05, 0.1) is 25.5 Å². The smallest absolute Gasteiger partial charge is 0.145 e. The zero-order valence-electron chi connectivity index (χ0n) is 11.3. The fourth-order valence-corrected chi connectivity index (χ4v) is 1.79. The highest BCUT2D eigenvalue weighted by Crippen LogP contribution is 2.32. The first kappa shape index (κ1) is 13.6. The van der Waals surface area contributed by atoms with Crippen molar-refractivity contribution in [3.63, 3.8) is 0 Å². The standard InChI is InChI=1S/C15H15N3O2/c1-19-12-4-6-14(15(8-12)20-2)18-11-3-5-13(17)10(7-11)9-16/h3-8,18H,17H2,1-2H3. The number of benzene rings is 2. The summed E-state index contributed by atoms with van der Waals surface area (Å²) < 4.78 is 10.5. The van der Waals surface area contributed by atoms with Gasteiger partial charge in [-0.05, 0) is 30.3 Å². The van der Waals surface area contributed by atoms with Crippen LogP contribution in [-0.4, -0.2) is 14.2 Å². The first-order valence-electron chi connectivity index (χ1n) is 5.96. The Morgan fingerprint density at radius 1 is 1.10 bits per heavy atom. The summed E-state index contributed by atoms with van der Waals surface area (Å²) in [6.07, 6.45) is 0. The van der Waals surface area contributed by atoms with Crippen LogP contribution in [0.1, 0.15) is 5.56 Å². The van der Waals surface area contributed by atoms with Crippen molar-refractivity contribution in [2.75, 3.05) is 25.3 Å². The van der Waals surface area contributed by atoms with Crippen LogP contribution < -0.4 is 20.5 Å². The Morgan fingerprint density at radius 3 is 2.55 bits per heavy atom. The highest BCUT2D eigenvalue weighted by Gasteiger charge is 2.06. The van der Waals surface area contributed by atoms with E-state index in [-0.39, 0.29) is 0 Å². The molecule has 5 heteroatoms. The van der Waals surface area contributed by atoms with Crippen LogP contribution in [0.3, 0.4) is 0 Å². The molecule has 0 heterocycles. The Morgan fingerprint density at radius 2 is 1.90 bits per heavy atom. The van der Waals surface area contributed by atoms with E-state index < -0.39 is 0 Å². The molecule has 0 spiro atoms. The van der Waals surface area contributed by atoms with E-state index in [9.17, 15) is 0 Å². The lowest BCUT2D eigenvalue weighted by molar-refractivity contribution is 0.395. The molecule has 0 aliphatic heterocycles. The Bertz CT molecular complexity index is 663. The van der Waals surface area contributed by atoms with Gasteiger partial charge in [-0.15, -0.1) is 0 Å². The van der Waals surface area contributed by atoms with Gasteiger partial charge in [0, 0.05) is 17.4 Å². The molecule has 0 bridgehead atoms. The normalized spacial score (nSPS) is 9.65. The van der Waals surface area contributed by atoms with Crippen molar-refractivity contribution in [1.29, 1.82) is 5.26 Å². The fourth-order valence-electron chi connectivity index (χ4n) is 1.79. The van der Waals surface area contributed by atoms with Crippen LogP contribution in [-0.2, 0) is 0 Å². The Labute approximate surface area is 117 Å². The van der Waals surface area contributed by atoms with Gasteiger partial charge in [0.25, 0.3) is 0 Å². The first-order valence-corrected chi connectivity index (χ1v) is 5.96. The molecule has 20 heavy (non-hydrogen) atoms. The van der Waals surface area contributed by atoms with E-state index in [0.717, 1.165) is 11.4 Å². The number of hydrogen-bond donors (Lipinski definition) is 2. The molecule has 0 radical (unpaired) electrons. The quantitative estimate of drug-likeness (QED) is 0.834. The summed E-state index contributed by atoms with van der Waals surface area (Å²) in [5.74, 6) is 1.36. The monoisotopic (exact) mass is 269 g/mol. The molecule has 0 saturated carbocycles. The predicted octanol–water partition coefficient (Wildman–Crippen LogP) is 2.90. The zero-order chi connectivity index (χ0) is 14.5. The molecule has 0 aliphatic carbocycles. The third-order valence-corrected chi connectivity index (χ3v) is 2.86. The largest absolute Gasteiger partial charge is 0.497 e. The van der Waals surface area contributed by atoms with Crippen LogP contribution in [0.5, 0.6) is 11.5 Å². The highest BCUT2D eigenvalue weighted by molar-refractivity contribution is 5.71. The van der Waals surface area contributed by atoms with Gasteiger partial charge in [-0.2, -0.15) is 5.26 Å². The second-order valence-electron chi connectivity index (χ2n) is 4.11. The van der Waals surface area contributed by atoms with Crippen LogP contribution in [0.15, 0.2) is 36.4 Å². The zero-order valence-corrected chi connectivity index (χ0v) is 11.3. The van der Waals surface area contributed by atoms with Gasteiger partial charge in [-0.25, -0.2) is 0 Å². The summed E-state index contributed by atoms with van der Waals surface area (Å²) in [4.78, 5) is 0. The molecule has 5 nitrogen and oxygen atoms in total. The molecule has 3 N–H and O–H groups in total. The summed E-state index contributed by atoms with van der Waals surface area (Å²) >= 11 is 0. The van der Waals surface area contributed by atoms with Crippen molar-refractivity contribution in [3.8, 4) is 17.6 Å². The van der Waals surface area contributed by atoms with Gasteiger partial charge in [-0.3, -0.25) is 0 Å². The Balaban J connectivity index is 2.32. The van der Waals surface area contributed by atoms with Gasteiger partial charge in [0.15, 0.2) is 0 Å². The van der Waals surface area contributed by atoms with Crippen molar-refractivity contribution < 1.29 is 9.47 Å². The number of hydrogen-bond acceptors (Lipinski definition) is 5. The second-order valence-corrected chi connectivity index (χ2v) is 4.11. The van der Waals surface area contributed by atoms with Crippen molar-refractivity contribution in [1.82, 2.24) is 0 Å². The molecule has 0 fully saturated rings. The summed E-state index contributed by atoms with van der Waals surface area (Å²) in [6, 6.07) is 12.7. The van der Waals surface area contributed by atoms with E-state index in [2.05, 4.69) is 11.4 Å². The molecule has 0 atom stereocenters. The van der Waals surface area contributed by atoms with Gasteiger partial charge >= 0.3 is 0 Å². The highest BCUT2D eigenvalue weighted by atomic mass is 16.5. The predicted molar refractivity (Wildman–Crippen MR) is 78.4 cm³/mol. The number of methoxy groups -OCH3 is 2. The minimum absolute atomic E-state index is 0.433. The minimum atomic E-state index is 0.433. The SMILES string of the molecule is COc1ccc(Nc2ccc(N)c(C#N)c2)c(OC)c1. The third-order valence-electron chi connectivity index (χ3n) is 2.86. The molecule has 0 amide bonds. The maximum Gasteiger partial charge on any atom is 0.145 e. The minimum Gasteiger partial charge on any atom is -0.497 e.